The molecule has 0 atom stereocenters. The SMILES string of the molecule is O=C(CCc1nc(-c2cccs2)no1)Nc1cccc2cn[nH]c12. The molecule has 0 bridgehead atoms. The van der Waals surface area contributed by atoms with E-state index in [1.54, 1.807) is 17.5 Å². The lowest BCUT2D eigenvalue weighted by atomic mass is 10.2. The van der Waals surface area contributed by atoms with Gasteiger partial charge in [-0.1, -0.05) is 23.4 Å². The van der Waals surface area contributed by atoms with Crippen molar-refractivity contribution >= 4 is 33.8 Å². The van der Waals surface area contributed by atoms with Gasteiger partial charge in [0.15, 0.2) is 0 Å². The van der Waals surface area contributed by atoms with Gasteiger partial charge in [-0.2, -0.15) is 10.1 Å². The Morgan fingerprint density at radius 1 is 1.29 bits per heavy atom. The van der Waals surface area contributed by atoms with E-state index < -0.39 is 0 Å². The maximum Gasteiger partial charge on any atom is 0.227 e. The number of aromatic amines is 1. The Morgan fingerprint density at radius 2 is 2.25 bits per heavy atom. The van der Waals surface area contributed by atoms with Crippen molar-refractivity contribution in [2.24, 2.45) is 0 Å². The summed E-state index contributed by atoms with van der Waals surface area (Å²) in [6.07, 6.45) is 2.37. The molecule has 120 valence electrons. The maximum absolute atomic E-state index is 12.2. The fraction of sp³-hybridized carbons (Fsp3) is 0.125. The van der Waals surface area contributed by atoms with Crippen LogP contribution in [0.15, 0.2) is 46.4 Å². The molecular weight excluding hydrogens is 326 g/mol. The Bertz CT molecular complexity index is 973. The van der Waals surface area contributed by atoms with Crippen LogP contribution in [-0.2, 0) is 11.2 Å². The third kappa shape index (κ3) is 2.91. The van der Waals surface area contributed by atoms with Gasteiger partial charge in [-0.15, -0.1) is 11.3 Å². The van der Waals surface area contributed by atoms with Gasteiger partial charge in [0, 0.05) is 18.2 Å². The third-order valence-electron chi connectivity index (χ3n) is 3.53. The van der Waals surface area contributed by atoms with E-state index in [4.69, 9.17) is 4.52 Å². The van der Waals surface area contributed by atoms with Crippen LogP contribution in [-0.4, -0.2) is 26.2 Å². The fourth-order valence-electron chi connectivity index (χ4n) is 2.37. The molecule has 0 saturated carbocycles. The van der Waals surface area contributed by atoms with Crippen LogP contribution in [0, 0.1) is 0 Å². The molecule has 24 heavy (non-hydrogen) atoms. The number of hydrogen-bond donors (Lipinski definition) is 2. The van der Waals surface area contributed by atoms with Crippen molar-refractivity contribution in [1.29, 1.82) is 0 Å². The van der Waals surface area contributed by atoms with Gasteiger partial charge in [-0.25, -0.2) is 0 Å². The second kappa shape index (κ2) is 6.25. The highest BCUT2D eigenvalue weighted by atomic mass is 32.1. The average molecular weight is 339 g/mol. The van der Waals surface area contributed by atoms with Gasteiger partial charge in [0.25, 0.3) is 0 Å². The number of anilines is 1. The Labute approximate surface area is 140 Å². The number of para-hydroxylation sites is 1. The topological polar surface area (TPSA) is 96.7 Å². The minimum atomic E-state index is -0.118. The summed E-state index contributed by atoms with van der Waals surface area (Å²) in [5.41, 5.74) is 1.52. The summed E-state index contributed by atoms with van der Waals surface area (Å²) >= 11 is 1.54. The van der Waals surface area contributed by atoms with Crippen molar-refractivity contribution in [3.05, 3.63) is 47.8 Å². The molecule has 7 nitrogen and oxygen atoms in total. The molecule has 0 spiro atoms. The van der Waals surface area contributed by atoms with Gasteiger partial charge in [0.05, 0.1) is 22.3 Å². The standard InChI is InChI=1S/C16H13N5O2S/c22-13(18-11-4-1-3-10-9-17-20-15(10)11)6-7-14-19-16(21-23-14)12-5-2-8-24-12/h1-5,8-9H,6-7H2,(H,17,20)(H,18,22). The van der Waals surface area contributed by atoms with E-state index in [1.165, 1.54) is 0 Å². The molecule has 3 heterocycles. The van der Waals surface area contributed by atoms with Crippen molar-refractivity contribution in [3.63, 3.8) is 0 Å². The first-order valence-electron chi connectivity index (χ1n) is 7.38. The summed E-state index contributed by atoms with van der Waals surface area (Å²) in [5, 5.41) is 16.6. The zero-order chi connectivity index (χ0) is 16.4. The first-order chi connectivity index (χ1) is 11.8. The average Bonchev–Trinajstić information content (AvgIpc) is 3.32. The third-order valence-corrected chi connectivity index (χ3v) is 4.39. The number of H-pyrrole nitrogens is 1. The second-order valence-corrected chi connectivity index (χ2v) is 6.12. The lowest BCUT2D eigenvalue weighted by Crippen LogP contribution is -2.12. The van der Waals surface area contributed by atoms with E-state index in [9.17, 15) is 4.79 Å². The van der Waals surface area contributed by atoms with Crippen molar-refractivity contribution < 1.29 is 9.32 Å². The van der Waals surface area contributed by atoms with E-state index in [-0.39, 0.29) is 12.3 Å². The zero-order valence-electron chi connectivity index (χ0n) is 12.5. The highest BCUT2D eigenvalue weighted by Gasteiger charge is 2.12. The zero-order valence-corrected chi connectivity index (χ0v) is 13.3. The quantitative estimate of drug-likeness (QED) is 0.582. The number of thiophene rings is 1. The van der Waals surface area contributed by atoms with Gasteiger partial charge in [0.2, 0.25) is 17.6 Å². The van der Waals surface area contributed by atoms with Crippen LogP contribution in [0.25, 0.3) is 21.6 Å². The monoisotopic (exact) mass is 339 g/mol. The van der Waals surface area contributed by atoms with Crippen LogP contribution < -0.4 is 5.32 Å². The summed E-state index contributed by atoms with van der Waals surface area (Å²) in [6, 6.07) is 9.49. The molecule has 0 aliphatic heterocycles. The minimum absolute atomic E-state index is 0.118. The molecule has 0 aliphatic rings. The minimum Gasteiger partial charge on any atom is -0.339 e. The highest BCUT2D eigenvalue weighted by molar-refractivity contribution is 7.13. The smallest absolute Gasteiger partial charge is 0.227 e. The number of carbonyl (C=O) groups excluding carboxylic acids is 1. The molecule has 8 heteroatoms. The number of amides is 1. The maximum atomic E-state index is 12.2. The van der Waals surface area contributed by atoms with E-state index in [0.29, 0.717) is 23.8 Å². The van der Waals surface area contributed by atoms with Crippen LogP contribution in [0.3, 0.4) is 0 Å². The van der Waals surface area contributed by atoms with Crippen molar-refractivity contribution in [3.8, 4) is 10.7 Å². The van der Waals surface area contributed by atoms with Crippen LogP contribution in [0.4, 0.5) is 5.69 Å². The first-order valence-corrected chi connectivity index (χ1v) is 8.26. The van der Waals surface area contributed by atoms with Crippen LogP contribution in [0.5, 0.6) is 0 Å². The Hall–Kier alpha value is -3.00. The molecule has 0 radical (unpaired) electrons. The molecule has 1 amide bonds. The van der Waals surface area contributed by atoms with Crippen molar-refractivity contribution in [2.75, 3.05) is 5.32 Å². The van der Waals surface area contributed by atoms with Gasteiger partial charge >= 0.3 is 0 Å². The van der Waals surface area contributed by atoms with E-state index >= 15 is 0 Å². The summed E-state index contributed by atoms with van der Waals surface area (Å²) in [5.74, 6) is 0.893. The summed E-state index contributed by atoms with van der Waals surface area (Å²) < 4.78 is 5.20. The molecule has 4 aromatic rings. The first kappa shape index (κ1) is 14.6. The summed E-state index contributed by atoms with van der Waals surface area (Å²) in [4.78, 5) is 17.4. The number of nitrogens with one attached hydrogen (secondary N) is 2. The Morgan fingerprint density at radius 3 is 3.12 bits per heavy atom. The van der Waals surface area contributed by atoms with Crippen LogP contribution >= 0.6 is 11.3 Å². The molecule has 1 aromatic carbocycles. The predicted octanol–water partition coefficient (Wildman–Crippen LogP) is 3.25. The van der Waals surface area contributed by atoms with E-state index in [2.05, 4.69) is 25.7 Å². The number of hydrogen-bond acceptors (Lipinski definition) is 6. The normalized spacial score (nSPS) is 11.0. The molecule has 0 fully saturated rings. The van der Waals surface area contributed by atoms with Gasteiger partial charge in [0.1, 0.15) is 0 Å². The molecule has 2 N–H and O–H groups in total. The lowest BCUT2D eigenvalue weighted by molar-refractivity contribution is -0.116. The fourth-order valence-corrected chi connectivity index (χ4v) is 3.02. The number of aromatic nitrogens is 4. The molecule has 0 aliphatic carbocycles. The van der Waals surface area contributed by atoms with Gasteiger partial charge < -0.3 is 9.84 Å². The van der Waals surface area contributed by atoms with Gasteiger partial charge in [-0.3, -0.25) is 9.89 Å². The number of rotatable bonds is 5. The number of benzene rings is 1. The molecular formula is C16H13N5O2S. The predicted molar refractivity (Wildman–Crippen MR) is 90.7 cm³/mol. The largest absolute Gasteiger partial charge is 0.339 e. The molecule has 0 unspecified atom stereocenters. The lowest BCUT2D eigenvalue weighted by Gasteiger charge is -2.05. The molecule has 3 aromatic heterocycles. The number of aryl methyl sites for hydroxylation is 1. The number of fused-ring (bicyclic) bond motifs is 1. The molecule has 0 saturated heterocycles. The van der Waals surface area contributed by atoms with Crippen LogP contribution in [0.2, 0.25) is 0 Å². The molecule has 4 rings (SSSR count). The second-order valence-electron chi connectivity index (χ2n) is 5.18. The van der Waals surface area contributed by atoms with Crippen molar-refractivity contribution in [2.45, 2.75) is 12.8 Å². The van der Waals surface area contributed by atoms with Gasteiger partial charge in [-0.05, 0) is 17.5 Å². The number of nitrogens with zero attached hydrogens (tertiary/aromatic N) is 3. The summed E-state index contributed by atoms with van der Waals surface area (Å²) in [6.45, 7) is 0. The number of carbonyl (C=O) groups is 1. The summed E-state index contributed by atoms with van der Waals surface area (Å²) in [7, 11) is 0. The van der Waals surface area contributed by atoms with E-state index in [1.807, 2.05) is 35.7 Å². The Balaban J connectivity index is 1.39. The Kier molecular flexibility index (Phi) is 3.80. The highest BCUT2D eigenvalue weighted by Crippen LogP contribution is 2.22. The van der Waals surface area contributed by atoms with E-state index in [0.717, 1.165) is 15.8 Å². The van der Waals surface area contributed by atoms with Crippen LogP contribution in [0.1, 0.15) is 12.3 Å². The van der Waals surface area contributed by atoms with Crippen molar-refractivity contribution in [1.82, 2.24) is 20.3 Å².